The van der Waals surface area contributed by atoms with E-state index < -0.39 is 0 Å². The van der Waals surface area contributed by atoms with E-state index in [1.54, 1.807) is 11.3 Å². The Hall–Kier alpha value is -0.0500. The number of halogens is 1. The van der Waals surface area contributed by atoms with Gasteiger partial charge in [0.05, 0.1) is 0 Å². The maximum Gasteiger partial charge on any atom is 0.0299 e. The van der Waals surface area contributed by atoms with Crippen LogP contribution >= 0.6 is 22.9 Å². The minimum absolute atomic E-state index is 0.678. The van der Waals surface area contributed by atoms with Crippen molar-refractivity contribution in [1.82, 2.24) is 5.32 Å². The summed E-state index contributed by atoms with van der Waals surface area (Å²) >= 11 is 7.45. The average molecular weight is 218 g/mol. The molecule has 3 heteroatoms. The predicted octanol–water partition coefficient (Wildman–Crippen LogP) is 3.10. The second kappa shape index (κ2) is 6.41. The Morgan fingerprint density at radius 3 is 3.08 bits per heavy atom. The highest BCUT2D eigenvalue weighted by Gasteiger charge is 2.00. The van der Waals surface area contributed by atoms with Crippen LogP contribution in [0.3, 0.4) is 0 Å². The second-order valence-corrected chi connectivity index (χ2v) is 4.70. The molecule has 1 unspecified atom stereocenters. The zero-order valence-corrected chi connectivity index (χ0v) is 9.50. The Morgan fingerprint density at radius 1 is 1.62 bits per heavy atom. The molecule has 0 aliphatic carbocycles. The van der Waals surface area contributed by atoms with Crippen LogP contribution in [0.5, 0.6) is 0 Å². The summed E-state index contributed by atoms with van der Waals surface area (Å²) in [5.74, 6) is 1.44. The van der Waals surface area contributed by atoms with Gasteiger partial charge in [-0.3, -0.25) is 0 Å². The molecule has 0 radical (unpaired) electrons. The highest BCUT2D eigenvalue weighted by Crippen LogP contribution is 2.08. The highest BCUT2D eigenvalue weighted by atomic mass is 35.5. The largest absolute Gasteiger partial charge is 0.312 e. The monoisotopic (exact) mass is 217 g/mol. The van der Waals surface area contributed by atoms with E-state index in [1.165, 1.54) is 4.88 Å². The SMILES string of the molecule is CC(CCCl)CNCc1cccs1. The molecule has 0 fully saturated rings. The van der Waals surface area contributed by atoms with Crippen LogP contribution in [-0.2, 0) is 6.54 Å². The Balaban J connectivity index is 2.07. The van der Waals surface area contributed by atoms with Crippen LogP contribution in [0.25, 0.3) is 0 Å². The molecule has 1 heterocycles. The third kappa shape index (κ3) is 4.65. The third-order valence-electron chi connectivity index (χ3n) is 1.97. The van der Waals surface area contributed by atoms with E-state index >= 15 is 0 Å². The molecule has 1 rings (SSSR count). The van der Waals surface area contributed by atoms with Crippen molar-refractivity contribution in [3.05, 3.63) is 22.4 Å². The first-order valence-corrected chi connectivity index (χ1v) is 6.03. The van der Waals surface area contributed by atoms with Crippen molar-refractivity contribution in [2.24, 2.45) is 5.92 Å². The van der Waals surface area contributed by atoms with Crippen LogP contribution in [0.4, 0.5) is 0 Å². The van der Waals surface area contributed by atoms with Crippen LogP contribution in [0.1, 0.15) is 18.2 Å². The Bertz CT molecular complexity index is 211. The van der Waals surface area contributed by atoms with Crippen LogP contribution < -0.4 is 5.32 Å². The first-order chi connectivity index (χ1) is 6.33. The van der Waals surface area contributed by atoms with Gasteiger partial charge in [0, 0.05) is 17.3 Å². The molecule has 0 saturated carbocycles. The molecule has 0 aliphatic heterocycles. The van der Waals surface area contributed by atoms with Crippen LogP contribution in [0, 0.1) is 5.92 Å². The lowest BCUT2D eigenvalue weighted by molar-refractivity contribution is 0.503. The minimum atomic E-state index is 0.678. The average Bonchev–Trinajstić information content (AvgIpc) is 2.57. The van der Waals surface area contributed by atoms with Crippen molar-refractivity contribution in [3.63, 3.8) is 0 Å². The van der Waals surface area contributed by atoms with Crippen molar-refractivity contribution in [1.29, 1.82) is 0 Å². The summed E-state index contributed by atoms with van der Waals surface area (Å²) in [6.07, 6.45) is 1.10. The molecule has 1 aromatic heterocycles. The van der Waals surface area contributed by atoms with Gasteiger partial charge >= 0.3 is 0 Å². The van der Waals surface area contributed by atoms with Crippen molar-refractivity contribution in [2.75, 3.05) is 12.4 Å². The number of thiophene rings is 1. The number of nitrogens with one attached hydrogen (secondary N) is 1. The van der Waals surface area contributed by atoms with Gasteiger partial charge in [0.15, 0.2) is 0 Å². The summed E-state index contributed by atoms with van der Waals surface area (Å²) in [4.78, 5) is 1.40. The lowest BCUT2D eigenvalue weighted by atomic mass is 10.1. The maximum absolute atomic E-state index is 5.65. The van der Waals surface area contributed by atoms with Gasteiger partial charge in [-0.15, -0.1) is 22.9 Å². The van der Waals surface area contributed by atoms with E-state index in [2.05, 4.69) is 29.8 Å². The van der Waals surface area contributed by atoms with Gasteiger partial charge in [-0.2, -0.15) is 0 Å². The number of rotatable bonds is 6. The van der Waals surface area contributed by atoms with E-state index in [9.17, 15) is 0 Å². The number of hydrogen-bond acceptors (Lipinski definition) is 2. The molecular weight excluding hydrogens is 202 g/mol. The Kier molecular flexibility index (Phi) is 5.44. The summed E-state index contributed by atoms with van der Waals surface area (Å²) in [6.45, 7) is 4.28. The van der Waals surface area contributed by atoms with Crippen LogP contribution in [-0.4, -0.2) is 12.4 Å². The highest BCUT2D eigenvalue weighted by molar-refractivity contribution is 7.09. The summed E-state index contributed by atoms with van der Waals surface area (Å²) in [6, 6.07) is 4.24. The van der Waals surface area contributed by atoms with Crippen LogP contribution in [0.2, 0.25) is 0 Å². The maximum atomic E-state index is 5.65. The van der Waals surface area contributed by atoms with Crippen LogP contribution in [0.15, 0.2) is 17.5 Å². The quantitative estimate of drug-likeness (QED) is 0.723. The van der Waals surface area contributed by atoms with E-state index in [1.807, 2.05) is 0 Å². The van der Waals surface area contributed by atoms with Gasteiger partial charge in [0.25, 0.3) is 0 Å². The standard InChI is InChI=1S/C10H16ClNS/c1-9(4-5-11)7-12-8-10-3-2-6-13-10/h2-3,6,9,12H,4-5,7-8H2,1H3. The molecule has 0 bridgehead atoms. The molecule has 1 N–H and O–H groups in total. The van der Waals surface area contributed by atoms with Gasteiger partial charge in [0.2, 0.25) is 0 Å². The molecular formula is C10H16ClNS. The fraction of sp³-hybridized carbons (Fsp3) is 0.600. The fourth-order valence-electron chi connectivity index (χ4n) is 1.14. The molecule has 0 spiro atoms. The molecule has 1 atom stereocenters. The number of hydrogen-bond donors (Lipinski definition) is 1. The Morgan fingerprint density at radius 2 is 2.46 bits per heavy atom. The zero-order chi connectivity index (χ0) is 9.52. The number of alkyl halides is 1. The molecule has 74 valence electrons. The van der Waals surface area contributed by atoms with E-state index in [-0.39, 0.29) is 0 Å². The van der Waals surface area contributed by atoms with Crippen molar-refractivity contribution >= 4 is 22.9 Å². The summed E-state index contributed by atoms with van der Waals surface area (Å²) in [5.41, 5.74) is 0. The predicted molar refractivity (Wildman–Crippen MR) is 60.5 cm³/mol. The third-order valence-corrected chi connectivity index (χ3v) is 3.07. The summed E-state index contributed by atoms with van der Waals surface area (Å²) < 4.78 is 0. The Labute approximate surface area is 89.1 Å². The van der Waals surface area contributed by atoms with Gasteiger partial charge in [0.1, 0.15) is 0 Å². The van der Waals surface area contributed by atoms with Gasteiger partial charge in [-0.05, 0) is 30.3 Å². The zero-order valence-electron chi connectivity index (χ0n) is 7.92. The lowest BCUT2D eigenvalue weighted by Gasteiger charge is -2.09. The molecule has 1 nitrogen and oxygen atoms in total. The topological polar surface area (TPSA) is 12.0 Å². The van der Waals surface area contributed by atoms with E-state index in [4.69, 9.17) is 11.6 Å². The van der Waals surface area contributed by atoms with E-state index in [0.717, 1.165) is 25.4 Å². The molecule has 0 aromatic carbocycles. The van der Waals surface area contributed by atoms with Gasteiger partial charge in [-0.1, -0.05) is 13.0 Å². The summed E-state index contributed by atoms with van der Waals surface area (Å²) in [5, 5.41) is 5.53. The van der Waals surface area contributed by atoms with Crippen molar-refractivity contribution < 1.29 is 0 Å². The first kappa shape index (κ1) is 11.0. The lowest BCUT2D eigenvalue weighted by Crippen LogP contribution is -2.20. The second-order valence-electron chi connectivity index (χ2n) is 3.29. The normalized spacial score (nSPS) is 13.1. The smallest absolute Gasteiger partial charge is 0.0299 e. The molecule has 0 aliphatic rings. The molecule has 1 aromatic rings. The summed E-state index contributed by atoms with van der Waals surface area (Å²) in [7, 11) is 0. The van der Waals surface area contributed by atoms with Crippen molar-refractivity contribution in [3.8, 4) is 0 Å². The first-order valence-electron chi connectivity index (χ1n) is 4.62. The van der Waals surface area contributed by atoms with Gasteiger partial charge in [-0.25, -0.2) is 0 Å². The fourth-order valence-corrected chi connectivity index (χ4v) is 2.19. The molecule has 13 heavy (non-hydrogen) atoms. The van der Waals surface area contributed by atoms with E-state index in [0.29, 0.717) is 5.92 Å². The van der Waals surface area contributed by atoms with Gasteiger partial charge < -0.3 is 5.32 Å². The molecule has 0 saturated heterocycles. The van der Waals surface area contributed by atoms with Crippen molar-refractivity contribution in [2.45, 2.75) is 19.9 Å². The molecule has 0 amide bonds. The minimum Gasteiger partial charge on any atom is -0.312 e.